The van der Waals surface area contributed by atoms with Crippen LogP contribution in [0.2, 0.25) is 0 Å². The Balaban J connectivity index is 2.44. The van der Waals surface area contributed by atoms with E-state index in [0.717, 1.165) is 18.5 Å². The van der Waals surface area contributed by atoms with Crippen molar-refractivity contribution in [3.8, 4) is 0 Å². The topological polar surface area (TPSA) is 55.1 Å². The van der Waals surface area contributed by atoms with Gasteiger partial charge in [-0.1, -0.05) is 25.5 Å². The monoisotopic (exact) mass is 248 g/mol. The SMILES string of the molecule is CCCc1ccc(NC(=O)CCC(C)(C)N)cc1. The minimum atomic E-state index is -0.289. The molecule has 0 aliphatic carbocycles. The number of rotatable bonds is 6. The van der Waals surface area contributed by atoms with Crippen LogP contribution in [0, 0.1) is 0 Å². The Bertz CT molecular complexity index is 376. The second-order valence-electron chi connectivity index (χ2n) is 5.48. The van der Waals surface area contributed by atoms with Gasteiger partial charge < -0.3 is 11.1 Å². The van der Waals surface area contributed by atoms with E-state index in [2.05, 4.69) is 24.4 Å². The molecule has 100 valence electrons. The van der Waals surface area contributed by atoms with Gasteiger partial charge in [-0.25, -0.2) is 0 Å². The van der Waals surface area contributed by atoms with E-state index < -0.39 is 0 Å². The standard InChI is InChI=1S/C15H24N2O/c1-4-5-12-6-8-13(9-7-12)17-14(18)10-11-15(2,3)16/h6-9H,4-5,10-11,16H2,1-3H3,(H,17,18). The lowest BCUT2D eigenvalue weighted by Gasteiger charge is -2.17. The van der Waals surface area contributed by atoms with Crippen molar-refractivity contribution in [1.82, 2.24) is 0 Å². The number of hydrogen-bond acceptors (Lipinski definition) is 2. The van der Waals surface area contributed by atoms with Crippen molar-refractivity contribution < 1.29 is 4.79 Å². The molecule has 1 aromatic carbocycles. The van der Waals surface area contributed by atoms with Gasteiger partial charge in [0, 0.05) is 17.6 Å². The van der Waals surface area contributed by atoms with Crippen LogP contribution in [0.1, 0.15) is 45.6 Å². The molecule has 3 N–H and O–H groups in total. The fourth-order valence-electron chi connectivity index (χ4n) is 1.70. The van der Waals surface area contributed by atoms with E-state index in [1.165, 1.54) is 5.56 Å². The summed E-state index contributed by atoms with van der Waals surface area (Å²) in [4.78, 5) is 11.7. The highest BCUT2D eigenvalue weighted by Crippen LogP contribution is 2.13. The molecule has 0 aliphatic heterocycles. The Morgan fingerprint density at radius 1 is 1.28 bits per heavy atom. The van der Waals surface area contributed by atoms with Crippen molar-refractivity contribution in [1.29, 1.82) is 0 Å². The van der Waals surface area contributed by atoms with Crippen molar-refractivity contribution in [2.75, 3.05) is 5.32 Å². The molecule has 18 heavy (non-hydrogen) atoms. The molecule has 1 rings (SSSR count). The maximum absolute atomic E-state index is 11.7. The van der Waals surface area contributed by atoms with Crippen LogP contribution < -0.4 is 11.1 Å². The Hall–Kier alpha value is -1.35. The third-order valence-corrected chi connectivity index (χ3v) is 2.77. The second kappa shape index (κ2) is 6.55. The van der Waals surface area contributed by atoms with Crippen LogP contribution in [0.5, 0.6) is 0 Å². The predicted octanol–water partition coefficient (Wildman–Crippen LogP) is 3.10. The van der Waals surface area contributed by atoms with Crippen LogP contribution in [0.4, 0.5) is 5.69 Å². The Morgan fingerprint density at radius 2 is 1.89 bits per heavy atom. The summed E-state index contributed by atoms with van der Waals surface area (Å²) in [6.07, 6.45) is 3.36. The third kappa shape index (κ3) is 5.82. The van der Waals surface area contributed by atoms with Gasteiger partial charge in [-0.05, 0) is 44.4 Å². The number of anilines is 1. The van der Waals surface area contributed by atoms with Gasteiger partial charge in [0.05, 0.1) is 0 Å². The lowest BCUT2D eigenvalue weighted by atomic mass is 10.00. The molecule has 0 aromatic heterocycles. The number of carbonyl (C=O) groups excluding carboxylic acids is 1. The van der Waals surface area contributed by atoms with E-state index in [-0.39, 0.29) is 11.4 Å². The first-order valence-corrected chi connectivity index (χ1v) is 6.58. The highest BCUT2D eigenvalue weighted by molar-refractivity contribution is 5.90. The zero-order valence-electron chi connectivity index (χ0n) is 11.6. The zero-order valence-corrected chi connectivity index (χ0v) is 11.6. The molecule has 0 aliphatic rings. The molecule has 3 heteroatoms. The molecule has 0 bridgehead atoms. The predicted molar refractivity (Wildman–Crippen MR) is 76.6 cm³/mol. The minimum absolute atomic E-state index is 0.0248. The average molecular weight is 248 g/mol. The van der Waals surface area contributed by atoms with E-state index in [0.29, 0.717) is 12.8 Å². The number of carbonyl (C=O) groups is 1. The molecule has 0 radical (unpaired) electrons. The first-order chi connectivity index (χ1) is 8.40. The molecular weight excluding hydrogens is 224 g/mol. The van der Waals surface area contributed by atoms with Gasteiger partial charge in [0.15, 0.2) is 0 Å². The van der Waals surface area contributed by atoms with Gasteiger partial charge in [0.2, 0.25) is 5.91 Å². The number of nitrogens with one attached hydrogen (secondary N) is 1. The van der Waals surface area contributed by atoms with E-state index in [9.17, 15) is 4.79 Å². The van der Waals surface area contributed by atoms with Gasteiger partial charge in [-0.2, -0.15) is 0 Å². The molecule has 0 unspecified atom stereocenters. The third-order valence-electron chi connectivity index (χ3n) is 2.77. The van der Waals surface area contributed by atoms with E-state index >= 15 is 0 Å². The normalized spacial score (nSPS) is 11.3. The van der Waals surface area contributed by atoms with Crippen molar-refractivity contribution in [3.05, 3.63) is 29.8 Å². The van der Waals surface area contributed by atoms with Gasteiger partial charge in [0.25, 0.3) is 0 Å². The summed E-state index contributed by atoms with van der Waals surface area (Å²) in [6, 6.07) is 8.03. The number of aryl methyl sites for hydroxylation is 1. The van der Waals surface area contributed by atoms with Gasteiger partial charge in [-0.3, -0.25) is 4.79 Å². The minimum Gasteiger partial charge on any atom is -0.326 e. The molecular formula is C15H24N2O. The van der Waals surface area contributed by atoms with E-state index in [4.69, 9.17) is 5.73 Å². The quantitative estimate of drug-likeness (QED) is 0.812. The highest BCUT2D eigenvalue weighted by Gasteiger charge is 2.13. The first-order valence-electron chi connectivity index (χ1n) is 6.58. The maximum Gasteiger partial charge on any atom is 0.224 e. The zero-order chi connectivity index (χ0) is 13.6. The fraction of sp³-hybridized carbons (Fsp3) is 0.533. The van der Waals surface area contributed by atoms with Crippen molar-refractivity contribution in [2.24, 2.45) is 5.73 Å². The van der Waals surface area contributed by atoms with E-state index in [1.54, 1.807) is 0 Å². The van der Waals surface area contributed by atoms with Gasteiger partial charge in [0.1, 0.15) is 0 Å². The van der Waals surface area contributed by atoms with Gasteiger partial charge in [-0.15, -0.1) is 0 Å². The Kier molecular flexibility index (Phi) is 5.35. The molecule has 0 saturated carbocycles. The molecule has 0 spiro atoms. The van der Waals surface area contributed by atoms with E-state index in [1.807, 2.05) is 26.0 Å². The largest absolute Gasteiger partial charge is 0.326 e. The number of nitrogens with two attached hydrogens (primary N) is 1. The summed E-state index contributed by atoms with van der Waals surface area (Å²) in [5.41, 5.74) is 7.72. The van der Waals surface area contributed by atoms with Crippen molar-refractivity contribution >= 4 is 11.6 Å². The Labute approximate surface area is 110 Å². The summed E-state index contributed by atoms with van der Waals surface area (Å²) in [6.45, 7) is 6.02. The molecule has 1 aromatic rings. The number of hydrogen-bond donors (Lipinski definition) is 2. The lowest BCUT2D eigenvalue weighted by Crippen LogP contribution is -2.33. The average Bonchev–Trinajstić information content (AvgIpc) is 2.29. The Morgan fingerprint density at radius 3 is 2.39 bits per heavy atom. The summed E-state index contributed by atoms with van der Waals surface area (Å²) in [5, 5.41) is 2.89. The molecule has 0 heterocycles. The lowest BCUT2D eigenvalue weighted by molar-refractivity contribution is -0.116. The molecule has 0 fully saturated rings. The second-order valence-corrected chi connectivity index (χ2v) is 5.48. The summed E-state index contributed by atoms with van der Waals surface area (Å²) in [5.74, 6) is 0.0248. The summed E-state index contributed by atoms with van der Waals surface area (Å²) >= 11 is 0. The maximum atomic E-state index is 11.7. The molecule has 3 nitrogen and oxygen atoms in total. The van der Waals surface area contributed by atoms with Crippen LogP contribution in [-0.2, 0) is 11.2 Å². The summed E-state index contributed by atoms with van der Waals surface area (Å²) < 4.78 is 0. The highest BCUT2D eigenvalue weighted by atomic mass is 16.1. The molecule has 0 saturated heterocycles. The molecule has 1 amide bonds. The fourth-order valence-corrected chi connectivity index (χ4v) is 1.70. The van der Waals surface area contributed by atoms with Crippen LogP contribution in [0.3, 0.4) is 0 Å². The first kappa shape index (κ1) is 14.7. The van der Waals surface area contributed by atoms with Crippen molar-refractivity contribution in [2.45, 2.75) is 52.0 Å². The van der Waals surface area contributed by atoms with Crippen LogP contribution >= 0.6 is 0 Å². The van der Waals surface area contributed by atoms with Crippen LogP contribution in [0.15, 0.2) is 24.3 Å². The van der Waals surface area contributed by atoms with Crippen LogP contribution in [-0.4, -0.2) is 11.4 Å². The smallest absolute Gasteiger partial charge is 0.224 e. The van der Waals surface area contributed by atoms with Gasteiger partial charge >= 0.3 is 0 Å². The molecule has 0 atom stereocenters. The summed E-state index contributed by atoms with van der Waals surface area (Å²) in [7, 11) is 0. The van der Waals surface area contributed by atoms with Crippen LogP contribution in [0.25, 0.3) is 0 Å². The van der Waals surface area contributed by atoms with Crippen molar-refractivity contribution in [3.63, 3.8) is 0 Å². The number of benzene rings is 1. The number of amides is 1.